The molecule has 1 aromatic carbocycles. The maximum atomic E-state index is 6.27. The Labute approximate surface area is 123 Å². The Morgan fingerprint density at radius 3 is 2.85 bits per heavy atom. The molecule has 0 N–H and O–H groups in total. The summed E-state index contributed by atoms with van der Waals surface area (Å²) in [6, 6.07) is 8.25. The molecule has 0 aliphatic heterocycles. The minimum Gasteiger partial charge on any atom is -0.325 e. The zero-order valence-electron chi connectivity index (χ0n) is 11.6. The highest BCUT2D eigenvalue weighted by molar-refractivity contribution is 6.20. The molecule has 1 atom stereocenters. The van der Waals surface area contributed by atoms with Crippen LogP contribution < -0.4 is 0 Å². The molecular formula is C15H17ClN4. The number of fused-ring (bicyclic) bond motifs is 1. The summed E-state index contributed by atoms with van der Waals surface area (Å²) in [6.07, 6.45) is 3.76. The summed E-state index contributed by atoms with van der Waals surface area (Å²) in [5, 5.41) is 4.12. The Morgan fingerprint density at radius 1 is 1.30 bits per heavy atom. The Kier molecular flexibility index (Phi) is 3.49. The van der Waals surface area contributed by atoms with E-state index in [1.807, 2.05) is 23.9 Å². The van der Waals surface area contributed by atoms with E-state index in [9.17, 15) is 0 Å². The van der Waals surface area contributed by atoms with Crippen LogP contribution in [0.1, 0.15) is 23.7 Å². The van der Waals surface area contributed by atoms with Gasteiger partial charge in [-0.3, -0.25) is 4.68 Å². The number of halogens is 1. The number of alkyl halides is 1. The average molecular weight is 289 g/mol. The number of hydrogen-bond acceptors (Lipinski definition) is 2. The lowest BCUT2D eigenvalue weighted by Crippen LogP contribution is -2.11. The number of benzene rings is 1. The normalized spacial score (nSPS) is 12.9. The molecule has 3 rings (SSSR count). The molecule has 0 radical (unpaired) electrons. The molecule has 20 heavy (non-hydrogen) atoms. The molecule has 104 valence electrons. The van der Waals surface area contributed by atoms with Gasteiger partial charge in [-0.1, -0.05) is 6.07 Å². The van der Waals surface area contributed by atoms with Crippen LogP contribution in [0.4, 0.5) is 0 Å². The second kappa shape index (κ2) is 5.29. The van der Waals surface area contributed by atoms with Crippen LogP contribution in [-0.4, -0.2) is 19.3 Å². The van der Waals surface area contributed by atoms with Crippen LogP contribution in [0.2, 0.25) is 0 Å². The number of imidazole rings is 1. The van der Waals surface area contributed by atoms with Gasteiger partial charge < -0.3 is 4.57 Å². The first-order valence-electron chi connectivity index (χ1n) is 6.73. The monoisotopic (exact) mass is 288 g/mol. The van der Waals surface area contributed by atoms with Crippen LogP contribution in [-0.2, 0) is 13.1 Å². The second-order valence-electron chi connectivity index (χ2n) is 5.00. The third-order valence-corrected chi connectivity index (χ3v) is 3.60. The summed E-state index contributed by atoms with van der Waals surface area (Å²) in [7, 11) is 0. The van der Waals surface area contributed by atoms with Crippen molar-refractivity contribution in [3.63, 3.8) is 0 Å². The van der Waals surface area contributed by atoms with Gasteiger partial charge >= 0.3 is 0 Å². The smallest absolute Gasteiger partial charge is 0.127 e. The minimum atomic E-state index is -0.111. The summed E-state index contributed by atoms with van der Waals surface area (Å²) >= 11 is 6.27. The minimum absolute atomic E-state index is 0.111. The summed E-state index contributed by atoms with van der Waals surface area (Å²) < 4.78 is 4.11. The third kappa shape index (κ3) is 2.43. The van der Waals surface area contributed by atoms with E-state index in [-0.39, 0.29) is 5.38 Å². The third-order valence-electron chi connectivity index (χ3n) is 3.40. The van der Waals surface area contributed by atoms with Crippen molar-refractivity contribution >= 4 is 22.6 Å². The van der Waals surface area contributed by atoms with Crippen LogP contribution in [0.5, 0.6) is 0 Å². The van der Waals surface area contributed by atoms with Crippen molar-refractivity contribution in [3.8, 4) is 0 Å². The van der Waals surface area contributed by atoms with Gasteiger partial charge in [0.05, 0.1) is 23.0 Å². The first-order chi connectivity index (χ1) is 9.65. The Bertz CT molecular complexity index is 713. The van der Waals surface area contributed by atoms with Crippen LogP contribution in [0.15, 0.2) is 36.7 Å². The molecule has 4 nitrogen and oxygen atoms in total. The maximum Gasteiger partial charge on any atom is 0.127 e. The van der Waals surface area contributed by atoms with Crippen LogP contribution >= 0.6 is 11.6 Å². The Balaban J connectivity index is 2.00. The molecule has 3 aromatic rings. The highest BCUT2D eigenvalue weighted by atomic mass is 35.5. The molecule has 1 unspecified atom stereocenters. The van der Waals surface area contributed by atoms with Crippen molar-refractivity contribution in [2.45, 2.75) is 32.3 Å². The largest absolute Gasteiger partial charge is 0.325 e. The molecule has 5 heteroatoms. The number of aryl methyl sites for hydroxylation is 3. The number of rotatable bonds is 4. The van der Waals surface area contributed by atoms with Gasteiger partial charge in [0.25, 0.3) is 0 Å². The van der Waals surface area contributed by atoms with E-state index < -0.39 is 0 Å². The van der Waals surface area contributed by atoms with Gasteiger partial charge in [-0.25, -0.2) is 4.98 Å². The van der Waals surface area contributed by atoms with Gasteiger partial charge in [-0.2, -0.15) is 5.10 Å². The summed E-state index contributed by atoms with van der Waals surface area (Å²) in [5.41, 5.74) is 3.35. The lowest BCUT2D eigenvalue weighted by atomic mass is 10.2. The lowest BCUT2D eigenvalue weighted by molar-refractivity contribution is 0.528. The topological polar surface area (TPSA) is 35.6 Å². The van der Waals surface area contributed by atoms with Gasteiger partial charge in [0.2, 0.25) is 0 Å². The fourth-order valence-electron chi connectivity index (χ4n) is 2.43. The Hall–Kier alpha value is -1.81. The predicted molar refractivity (Wildman–Crippen MR) is 81.0 cm³/mol. The second-order valence-corrected chi connectivity index (χ2v) is 5.65. The molecular weight excluding hydrogens is 272 g/mol. The predicted octanol–water partition coefficient (Wildman–Crippen LogP) is 3.54. The molecule has 2 aromatic heterocycles. The maximum absolute atomic E-state index is 6.27. The van der Waals surface area contributed by atoms with Crippen LogP contribution in [0, 0.1) is 6.92 Å². The zero-order valence-corrected chi connectivity index (χ0v) is 12.4. The first-order valence-corrected chi connectivity index (χ1v) is 7.17. The van der Waals surface area contributed by atoms with Crippen LogP contribution in [0.25, 0.3) is 11.0 Å². The molecule has 0 saturated heterocycles. The molecule has 2 heterocycles. The van der Waals surface area contributed by atoms with E-state index >= 15 is 0 Å². The van der Waals surface area contributed by atoms with E-state index in [1.54, 1.807) is 6.20 Å². The first kappa shape index (κ1) is 13.2. The van der Waals surface area contributed by atoms with Gasteiger partial charge in [0, 0.05) is 18.9 Å². The van der Waals surface area contributed by atoms with Crippen molar-refractivity contribution in [3.05, 3.63) is 48.0 Å². The van der Waals surface area contributed by atoms with Crippen molar-refractivity contribution < 1.29 is 0 Å². The lowest BCUT2D eigenvalue weighted by Gasteiger charge is -2.10. The number of hydrogen-bond donors (Lipinski definition) is 0. The van der Waals surface area contributed by atoms with E-state index in [0.29, 0.717) is 0 Å². The molecule has 0 saturated carbocycles. The van der Waals surface area contributed by atoms with Crippen molar-refractivity contribution in [2.75, 3.05) is 0 Å². The molecule has 0 amide bonds. The fraction of sp³-hybridized carbons (Fsp3) is 0.333. The highest BCUT2D eigenvalue weighted by Gasteiger charge is 2.14. The summed E-state index contributed by atoms with van der Waals surface area (Å²) in [4.78, 5) is 4.67. The molecule has 0 fully saturated rings. The van der Waals surface area contributed by atoms with E-state index in [0.717, 1.165) is 29.9 Å². The summed E-state index contributed by atoms with van der Waals surface area (Å²) in [6.45, 7) is 5.66. The zero-order chi connectivity index (χ0) is 14.1. The summed E-state index contributed by atoms with van der Waals surface area (Å²) in [5.74, 6) is 0.916. The standard InChI is InChI=1S/C15H17ClN4/c1-11-4-5-14-13(10-11)18-15(12(2)16)20(14)9-8-19-7-3-6-17-19/h3-7,10,12H,8-9H2,1-2H3. The fourth-order valence-corrected chi connectivity index (χ4v) is 2.60. The van der Waals surface area contributed by atoms with Crippen molar-refractivity contribution in [1.29, 1.82) is 0 Å². The van der Waals surface area contributed by atoms with Crippen LogP contribution in [0.3, 0.4) is 0 Å². The van der Waals surface area contributed by atoms with Gasteiger partial charge in [-0.15, -0.1) is 11.6 Å². The van der Waals surface area contributed by atoms with Crippen molar-refractivity contribution in [1.82, 2.24) is 19.3 Å². The van der Waals surface area contributed by atoms with Gasteiger partial charge in [0.15, 0.2) is 0 Å². The quantitative estimate of drug-likeness (QED) is 0.688. The van der Waals surface area contributed by atoms with Gasteiger partial charge in [0.1, 0.15) is 5.82 Å². The molecule has 0 spiro atoms. The highest BCUT2D eigenvalue weighted by Crippen LogP contribution is 2.25. The average Bonchev–Trinajstić information content (AvgIpc) is 3.02. The van der Waals surface area contributed by atoms with E-state index in [2.05, 4.69) is 39.8 Å². The SMILES string of the molecule is Cc1ccc2c(c1)nc(C(C)Cl)n2CCn1cccn1. The molecule has 0 aliphatic rings. The van der Waals surface area contributed by atoms with E-state index in [4.69, 9.17) is 11.6 Å². The number of nitrogens with zero attached hydrogens (tertiary/aromatic N) is 4. The van der Waals surface area contributed by atoms with E-state index in [1.165, 1.54) is 5.56 Å². The van der Waals surface area contributed by atoms with Crippen molar-refractivity contribution in [2.24, 2.45) is 0 Å². The molecule has 0 aliphatic carbocycles. The molecule has 0 bridgehead atoms. The Morgan fingerprint density at radius 2 is 2.15 bits per heavy atom. The van der Waals surface area contributed by atoms with Gasteiger partial charge in [-0.05, 0) is 37.6 Å². The number of aromatic nitrogens is 4.